The van der Waals surface area contributed by atoms with E-state index in [1.165, 1.54) is 28.8 Å². The third-order valence-corrected chi connectivity index (χ3v) is 5.31. The third kappa shape index (κ3) is 4.24. The zero-order valence-electron chi connectivity index (χ0n) is 14.1. The van der Waals surface area contributed by atoms with Crippen molar-refractivity contribution >= 4 is 57.8 Å². The highest BCUT2D eigenvalue weighted by Crippen LogP contribution is 2.31. The highest BCUT2D eigenvalue weighted by molar-refractivity contribution is 8.26. The predicted molar refractivity (Wildman–Crippen MR) is 109 cm³/mol. The molecule has 0 bridgehead atoms. The number of aromatic carboxylic acids is 1. The van der Waals surface area contributed by atoms with Gasteiger partial charge in [0, 0.05) is 18.3 Å². The number of thiocarbonyl (C=S) groups is 1. The Morgan fingerprint density at radius 1 is 1.15 bits per heavy atom. The van der Waals surface area contributed by atoms with Crippen LogP contribution in [0.3, 0.4) is 0 Å². The Morgan fingerprint density at radius 2 is 1.85 bits per heavy atom. The quantitative estimate of drug-likeness (QED) is 0.606. The molecule has 0 aromatic heterocycles. The summed E-state index contributed by atoms with van der Waals surface area (Å²) in [5, 5.41) is 11.7. The van der Waals surface area contributed by atoms with Crippen molar-refractivity contribution in [1.29, 1.82) is 0 Å². The van der Waals surface area contributed by atoms with E-state index in [2.05, 4.69) is 5.32 Å². The van der Waals surface area contributed by atoms with Crippen LogP contribution in [0.25, 0.3) is 6.08 Å². The molecule has 0 atom stereocenters. The van der Waals surface area contributed by atoms with Crippen molar-refractivity contribution < 1.29 is 19.5 Å². The molecule has 1 saturated heterocycles. The summed E-state index contributed by atoms with van der Waals surface area (Å²) < 4.78 is 0.505. The molecule has 0 aliphatic carbocycles. The second-order valence-electron chi connectivity index (χ2n) is 5.70. The van der Waals surface area contributed by atoms with E-state index < -0.39 is 5.97 Å². The number of benzene rings is 2. The van der Waals surface area contributed by atoms with E-state index in [1.54, 1.807) is 49.5 Å². The molecule has 3 rings (SSSR count). The van der Waals surface area contributed by atoms with Crippen LogP contribution in [0.2, 0.25) is 0 Å². The monoisotopic (exact) mass is 398 g/mol. The van der Waals surface area contributed by atoms with Gasteiger partial charge in [-0.1, -0.05) is 42.2 Å². The van der Waals surface area contributed by atoms with Crippen molar-refractivity contribution in [3.63, 3.8) is 0 Å². The van der Waals surface area contributed by atoms with Crippen LogP contribution >= 0.6 is 24.0 Å². The number of nitrogens with zero attached hydrogens (tertiary/aromatic N) is 1. The molecule has 0 unspecified atom stereocenters. The molecule has 2 amide bonds. The molecule has 2 aromatic rings. The van der Waals surface area contributed by atoms with Gasteiger partial charge in [0.15, 0.2) is 0 Å². The van der Waals surface area contributed by atoms with Crippen molar-refractivity contribution in [3.05, 3.63) is 70.1 Å². The van der Waals surface area contributed by atoms with Gasteiger partial charge in [-0.15, -0.1) is 0 Å². The molecule has 8 heteroatoms. The van der Waals surface area contributed by atoms with E-state index in [1.807, 2.05) is 0 Å². The Balaban J connectivity index is 1.73. The molecule has 0 radical (unpaired) electrons. The number of thioether (sulfide) groups is 1. The Hall–Kier alpha value is -2.97. The molecular formula is C19H14N2O4S2. The number of rotatable bonds is 4. The van der Waals surface area contributed by atoms with Crippen LogP contribution in [0, 0.1) is 0 Å². The molecular weight excluding hydrogens is 384 g/mol. The van der Waals surface area contributed by atoms with E-state index in [4.69, 9.17) is 17.3 Å². The molecule has 0 spiro atoms. The van der Waals surface area contributed by atoms with Gasteiger partial charge in [0.05, 0.1) is 10.5 Å². The van der Waals surface area contributed by atoms with Gasteiger partial charge in [-0.25, -0.2) is 4.79 Å². The first-order valence-corrected chi connectivity index (χ1v) is 9.04. The van der Waals surface area contributed by atoms with Crippen molar-refractivity contribution in [2.24, 2.45) is 0 Å². The predicted octanol–water partition coefficient (Wildman–Crippen LogP) is 3.47. The summed E-state index contributed by atoms with van der Waals surface area (Å²) in [7, 11) is 1.63. The Labute approximate surface area is 164 Å². The molecule has 2 aromatic carbocycles. The molecule has 1 aliphatic heterocycles. The van der Waals surface area contributed by atoms with Crippen LogP contribution in [0.5, 0.6) is 0 Å². The number of hydrogen-bond donors (Lipinski definition) is 2. The summed E-state index contributed by atoms with van der Waals surface area (Å²) in [6.07, 6.45) is 1.72. The first kappa shape index (κ1) is 18.8. The lowest BCUT2D eigenvalue weighted by Crippen LogP contribution is -2.22. The van der Waals surface area contributed by atoms with Gasteiger partial charge in [0.1, 0.15) is 4.32 Å². The van der Waals surface area contributed by atoms with Gasteiger partial charge < -0.3 is 10.4 Å². The maximum Gasteiger partial charge on any atom is 0.335 e. The minimum absolute atomic E-state index is 0.0939. The van der Waals surface area contributed by atoms with Gasteiger partial charge in [0.2, 0.25) is 0 Å². The fourth-order valence-corrected chi connectivity index (χ4v) is 3.54. The number of likely N-dealkylation sites (N-methyl/N-ethyl adjacent to an activating group) is 1. The lowest BCUT2D eigenvalue weighted by molar-refractivity contribution is -0.121. The van der Waals surface area contributed by atoms with Crippen LogP contribution < -0.4 is 5.32 Å². The average Bonchev–Trinajstić information content (AvgIpc) is 2.89. The van der Waals surface area contributed by atoms with E-state index >= 15 is 0 Å². The van der Waals surface area contributed by atoms with Gasteiger partial charge in [0.25, 0.3) is 11.8 Å². The second-order valence-corrected chi connectivity index (χ2v) is 7.38. The maximum atomic E-state index is 12.3. The number of anilines is 1. The number of carbonyl (C=O) groups is 3. The van der Waals surface area contributed by atoms with Crippen LogP contribution in [0.1, 0.15) is 26.3 Å². The van der Waals surface area contributed by atoms with Crippen LogP contribution in [0.15, 0.2) is 53.4 Å². The van der Waals surface area contributed by atoms with Crippen molar-refractivity contribution in [2.75, 3.05) is 12.4 Å². The smallest absolute Gasteiger partial charge is 0.335 e. The first-order chi connectivity index (χ1) is 12.8. The summed E-state index contributed by atoms with van der Waals surface area (Å²) >= 11 is 6.33. The van der Waals surface area contributed by atoms with Gasteiger partial charge in [-0.05, 0) is 42.0 Å². The second kappa shape index (κ2) is 7.73. The molecule has 0 saturated carbocycles. The summed E-state index contributed by atoms with van der Waals surface area (Å²) in [6.45, 7) is 0. The number of carboxylic acids is 1. The normalized spacial score (nSPS) is 15.3. The lowest BCUT2D eigenvalue weighted by Gasteiger charge is -2.06. The lowest BCUT2D eigenvalue weighted by atomic mass is 10.1. The highest BCUT2D eigenvalue weighted by Gasteiger charge is 2.28. The standard InChI is InChI=1S/C19H14N2O4S2/c1-21-17(23)15(27-19(21)26)9-11-5-7-12(8-6-11)16(22)20-14-4-2-3-13(10-14)18(24)25/h2-10H,1H3,(H,20,22)(H,24,25)/b15-9-. The molecule has 136 valence electrons. The zero-order chi connectivity index (χ0) is 19.6. The summed E-state index contributed by atoms with van der Waals surface area (Å²) in [4.78, 5) is 37.3. The van der Waals surface area contributed by atoms with Gasteiger partial charge >= 0.3 is 5.97 Å². The minimum Gasteiger partial charge on any atom is -0.478 e. The van der Waals surface area contributed by atoms with Crippen molar-refractivity contribution in [2.45, 2.75) is 0 Å². The molecule has 27 heavy (non-hydrogen) atoms. The Bertz CT molecular complexity index is 983. The summed E-state index contributed by atoms with van der Waals surface area (Å²) in [5.74, 6) is -1.57. The molecule has 6 nitrogen and oxygen atoms in total. The van der Waals surface area contributed by atoms with E-state index in [0.29, 0.717) is 20.5 Å². The molecule has 1 heterocycles. The van der Waals surface area contributed by atoms with Gasteiger partial charge in [-0.3, -0.25) is 14.5 Å². The van der Waals surface area contributed by atoms with E-state index in [9.17, 15) is 14.4 Å². The summed E-state index contributed by atoms with van der Waals surface area (Å²) in [5.41, 5.74) is 1.68. The number of carbonyl (C=O) groups excluding carboxylic acids is 2. The minimum atomic E-state index is -1.06. The zero-order valence-corrected chi connectivity index (χ0v) is 15.8. The molecule has 1 aliphatic rings. The van der Waals surface area contributed by atoms with Gasteiger partial charge in [-0.2, -0.15) is 0 Å². The van der Waals surface area contributed by atoms with Crippen molar-refractivity contribution in [3.8, 4) is 0 Å². The first-order valence-electron chi connectivity index (χ1n) is 7.81. The van der Waals surface area contributed by atoms with Crippen molar-refractivity contribution in [1.82, 2.24) is 4.90 Å². The fraction of sp³-hybridized carbons (Fsp3) is 0.0526. The third-order valence-electron chi connectivity index (χ3n) is 3.82. The molecule has 2 N–H and O–H groups in total. The van der Waals surface area contributed by atoms with E-state index in [-0.39, 0.29) is 17.4 Å². The number of hydrogen-bond acceptors (Lipinski definition) is 5. The Morgan fingerprint density at radius 3 is 2.44 bits per heavy atom. The number of nitrogens with one attached hydrogen (secondary N) is 1. The Kier molecular flexibility index (Phi) is 5.38. The summed E-state index contributed by atoms with van der Waals surface area (Å²) in [6, 6.07) is 12.7. The number of amides is 2. The SMILES string of the molecule is CN1C(=O)/C(=C/c2ccc(C(=O)Nc3cccc(C(=O)O)c3)cc2)SC1=S. The average molecular weight is 398 g/mol. The van der Waals surface area contributed by atoms with Crippen LogP contribution in [0.4, 0.5) is 5.69 Å². The van der Waals surface area contributed by atoms with Crippen LogP contribution in [-0.2, 0) is 4.79 Å². The largest absolute Gasteiger partial charge is 0.478 e. The highest BCUT2D eigenvalue weighted by atomic mass is 32.2. The topological polar surface area (TPSA) is 86.7 Å². The fourth-order valence-electron chi connectivity index (χ4n) is 2.36. The number of carboxylic acid groups (broad SMARTS) is 1. The molecule has 1 fully saturated rings. The maximum absolute atomic E-state index is 12.3. The van der Waals surface area contributed by atoms with E-state index in [0.717, 1.165) is 5.56 Å². The van der Waals surface area contributed by atoms with Crippen LogP contribution in [-0.4, -0.2) is 39.2 Å².